The first-order chi connectivity index (χ1) is 8.61. The minimum absolute atomic E-state index is 0.0349. The van der Waals surface area contributed by atoms with Crippen LogP contribution < -0.4 is 4.74 Å². The summed E-state index contributed by atoms with van der Waals surface area (Å²) < 4.78 is 5.65. The Morgan fingerprint density at radius 2 is 2.11 bits per heavy atom. The maximum Gasteiger partial charge on any atom is 0.263 e. The number of likely N-dealkylation sites (tertiary alicyclic amines) is 1. The highest BCUT2D eigenvalue weighted by atomic mass is 16.5. The van der Waals surface area contributed by atoms with E-state index in [4.69, 9.17) is 4.74 Å². The van der Waals surface area contributed by atoms with Crippen LogP contribution >= 0.6 is 0 Å². The molecule has 18 heavy (non-hydrogen) atoms. The van der Waals surface area contributed by atoms with Gasteiger partial charge < -0.3 is 14.7 Å². The number of nitrogens with zero attached hydrogens (tertiary/aromatic N) is 1. The van der Waals surface area contributed by atoms with Gasteiger partial charge in [0.15, 0.2) is 6.10 Å². The zero-order valence-electron chi connectivity index (χ0n) is 10.8. The van der Waals surface area contributed by atoms with Crippen molar-refractivity contribution in [1.82, 2.24) is 4.90 Å². The molecule has 1 heterocycles. The molecule has 98 valence electrons. The SMILES string of the molecule is CC[C@@H](O)c1ccc(OC2CCN(C)C2=O)cc1. The third-order valence-electron chi connectivity index (χ3n) is 3.31. The first-order valence-corrected chi connectivity index (χ1v) is 6.31. The van der Waals surface area contributed by atoms with E-state index in [1.54, 1.807) is 24.1 Å². The van der Waals surface area contributed by atoms with Crippen molar-refractivity contribution in [1.29, 1.82) is 0 Å². The summed E-state index contributed by atoms with van der Waals surface area (Å²) in [7, 11) is 1.78. The van der Waals surface area contributed by atoms with Crippen molar-refractivity contribution in [2.24, 2.45) is 0 Å². The van der Waals surface area contributed by atoms with E-state index in [0.29, 0.717) is 12.2 Å². The molecular formula is C14H19NO3. The molecule has 1 N–H and O–H groups in total. The van der Waals surface area contributed by atoms with Crippen LogP contribution in [0.3, 0.4) is 0 Å². The van der Waals surface area contributed by atoms with Crippen LogP contribution in [0.25, 0.3) is 0 Å². The van der Waals surface area contributed by atoms with Gasteiger partial charge in [-0.1, -0.05) is 19.1 Å². The first kappa shape index (κ1) is 12.9. The number of carbonyl (C=O) groups is 1. The molecule has 1 aromatic carbocycles. The minimum Gasteiger partial charge on any atom is -0.481 e. The normalized spacial score (nSPS) is 21.2. The molecule has 0 aliphatic carbocycles. The Morgan fingerprint density at radius 1 is 1.44 bits per heavy atom. The van der Waals surface area contributed by atoms with Gasteiger partial charge in [0.1, 0.15) is 5.75 Å². The number of hydrogen-bond donors (Lipinski definition) is 1. The summed E-state index contributed by atoms with van der Waals surface area (Å²) in [4.78, 5) is 13.4. The van der Waals surface area contributed by atoms with Crippen molar-refractivity contribution in [3.8, 4) is 5.75 Å². The van der Waals surface area contributed by atoms with Gasteiger partial charge in [0.2, 0.25) is 0 Å². The molecule has 0 spiro atoms. The Balaban J connectivity index is 2.00. The van der Waals surface area contributed by atoms with E-state index >= 15 is 0 Å². The number of ether oxygens (including phenoxy) is 1. The third kappa shape index (κ3) is 2.64. The summed E-state index contributed by atoms with van der Waals surface area (Å²) in [6.07, 6.45) is 0.621. The Bertz CT molecular complexity index is 416. The Hall–Kier alpha value is -1.55. The minimum atomic E-state index is -0.432. The highest BCUT2D eigenvalue weighted by Crippen LogP contribution is 2.22. The number of amides is 1. The Kier molecular flexibility index (Phi) is 3.87. The maximum absolute atomic E-state index is 11.7. The zero-order valence-corrected chi connectivity index (χ0v) is 10.8. The standard InChI is InChI=1S/C14H19NO3/c1-3-12(16)10-4-6-11(7-5-10)18-13-8-9-15(2)14(13)17/h4-7,12-13,16H,3,8-9H2,1-2H3/t12-,13?/m1/s1. The van der Waals surface area contributed by atoms with Crippen molar-refractivity contribution in [3.63, 3.8) is 0 Å². The molecule has 4 heteroatoms. The molecule has 1 aromatic rings. The van der Waals surface area contributed by atoms with E-state index in [1.165, 1.54) is 0 Å². The number of rotatable bonds is 4. The second-order valence-corrected chi connectivity index (χ2v) is 4.65. The molecule has 1 amide bonds. The fraction of sp³-hybridized carbons (Fsp3) is 0.500. The van der Waals surface area contributed by atoms with Gasteiger partial charge in [-0.3, -0.25) is 4.79 Å². The van der Waals surface area contributed by atoms with E-state index in [-0.39, 0.29) is 12.0 Å². The molecule has 2 atom stereocenters. The van der Waals surface area contributed by atoms with Gasteiger partial charge in [0, 0.05) is 20.0 Å². The summed E-state index contributed by atoms with van der Waals surface area (Å²) in [5, 5.41) is 9.68. The van der Waals surface area contributed by atoms with Gasteiger partial charge in [0.25, 0.3) is 5.91 Å². The van der Waals surface area contributed by atoms with Gasteiger partial charge in [0.05, 0.1) is 6.10 Å². The van der Waals surface area contributed by atoms with E-state index in [0.717, 1.165) is 18.5 Å². The van der Waals surface area contributed by atoms with Crippen molar-refractivity contribution in [2.45, 2.75) is 32.0 Å². The number of likely N-dealkylation sites (N-methyl/N-ethyl adjacent to an activating group) is 1. The number of carbonyl (C=O) groups excluding carboxylic acids is 1. The van der Waals surface area contributed by atoms with E-state index in [2.05, 4.69) is 0 Å². The van der Waals surface area contributed by atoms with E-state index in [1.807, 2.05) is 19.1 Å². The number of aliphatic hydroxyl groups excluding tert-OH is 1. The summed E-state index contributed by atoms with van der Waals surface area (Å²) >= 11 is 0. The number of aliphatic hydroxyl groups is 1. The first-order valence-electron chi connectivity index (χ1n) is 6.31. The van der Waals surface area contributed by atoms with E-state index < -0.39 is 6.10 Å². The summed E-state index contributed by atoms with van der Waals surface area (Å²) in [6.45, 7) is 2.68. The number of benzene rings is 1. The van der Waals surface area contributed by atoms with Crippen molar-refractivity contribution in [2.75, 3.05) is 13.6 Å². The summed E-state index contributed by atoms with van der Waals surface area (Å²) in [6, 6.07) is 7.29. The molecule has 1 unspecified atom stereocenters. The van der Waals surface area contributed by atoms with Crippen LogP contribution in [0.1, 0.15) is 31.4 Å². The molecule has 1 aliphatic heterocycles. The van der Waals surface area contributed by atoms with Crippen molar-refractivity contribution < 1.29 is 14.6 Å². The molecule has 1 aliphatic rings. The highest BCUT2D eigenvalue weighted by Gasteiger charge is 2.30. The van der Waals surface area contributed by atoms with Gasteiger partial charge >= 0.3 is 0 Å². The lowest BCUT2D eigenvalue weighted by Gasteiger charge is -2.14. The van der Waals surface area contributed by atoms with Crippen LogP contribution in [0.15, 0.2) is 24.3 Å². The molecule has 1 saturated heterocycles. The Morgan fingerprint density at radius 3 is 2.61 bits per heavy atom. The van der Waals surface area contributed by atoms with Gasteiger partial charge in [-0.15, -0.1) is 0 Å². The second-order valence-electron chi connectivity index (χ2n) is 4.65. The monoisotopic (exact) mass is 249 g/mol. The van der Waals surface area contributed by atoms with Crippen LogP contribution in [0.5, 0.6) is 5.75 Å². The lowest BCUT2D eigenvalue weighted by Crippen LogP contribution is -2.29. The van der Waals surface area contributed by atoms with Gasteiger partial charge in [-0.2, -0.15) is 0 Å². The molecular weight excluding hydrogens is 230 g/mol. The van der Waals surface area contributed by atoms with Gasteiger partial charge in [-0.25, -0.2) is 0 Å². The van der Waals surface area contributed by atoms with Crippen molar-refractivity contribution >= 4 is 5.91 Å². The fourth-order valence-corrected chi connectivity index (χ4v) is 2.07. The number of hydrogen-bond acceptors (Lipinski definition) is 3. The van der Waals surface area contributed by atoms with Crippen molar-refractivity contribution in [3.05, 3.63) is 29.8 Å². The Labute approximate surface area is 107 Å². The largest absolute Gasteiger partial charge is 0.481 e. The lowest BCUT2D eigenvalue weighted by atomic mass is 10.1. The summed E-state index contributed by atoms with van der Waals surface area (Å²) in [5.41, 5.74) is 0.875. The molecule has 1 fully saturated rings. The van der Waals surface area contributed by atoms with Crippen LogP contribution in [-0.4, -0.2) is 35.6 Å². The highest BCUT2D eigenvalue weighted by molar-refractivity contribution is 5.83. The lowest BCUT2D eigenvalue weighted by molar-refractivity contribution is -0.132. The van der Waals surface area contributed by atoms with E-state index in [9.17, 15) is 9.90 Å². The molecule has 0 radical (unpaired) electrons. The predicted octanol–water partition coefficient (Wildman–Crippen LogP) is 1.74. The molecule has 0 bridgehead atoms. The van der Waals surface area contributed by atoms with Crippen LogP contribution in [0.4, 0.5) is 0 Å². The maximum atomic E-state index is 11.7. The topological polar surface area (TPSA) is 49.8 Å². The fourth-order valence-electron chi connectivity index (χ4n) is 2.07. The molecule has 0 saturated carbocycles. The van der Waals surface area contributed by atoms with Crippen LogP contribution in [0, 0.1) is 0 Å². The second kappa shape index (κ2) is 5.40. The van der Waals surface area contributed by atoms with Crippen LogP contribution in [0.2, 0.25) is 0 Å². The summed E-state index contributed by atoms with van der Waals surface area (Å²) in [5.74, 6) is 0.711. The van der Waals surface area contributed by atoms with Crippen LogP contribution in [-0.2, 0) is 4.79 Å². The predicted molar refractivity (Wildman–Crippen MR) is 68.4 cm³/mol. The average molecular weight is 249 g/mol. The molecule has 4 nitrogen and oxygen atoms in total. The average Bonchev–Trinajstić information content (AvgIpc) is 2.71. The van der Waals surface area contributed by atoms with Gasteiger partial charge in [-0.05, 0) is 24.1 Å². The zero-order chi connectivity index (χ0) is 13.1. The third-order valence-corrected chi connectivity index (χ3v) is 3.31. The molecule has 0 aromatic heterocycles. The molecule has 2 rings (SSSR count). The smallest absolute Gasteiger partial charge is 0.263 e. The quantitative estimate of drug-likeness (QED) is 0.884.